The number of benzene rings is 3. The van der Waals surface area contributed by atoms with Crippen LogP contribution in [0.25, 0.3) is 21.7 Å². The maximum absolute atomic E-state index is 13.6. The molecule has 1 amide bonds. The molecule has 2 heterocycles. The van der Waals surface area contributed by atoms with Crippen molar-refractivity contribution < 1.29 is 14.6 Å². The van der Waals surface area contributed by atoms with Gasteiger partial charge in [-0.15, -0.1) is 11.6 Å². The molecule has 5 rings (SSSR count). The fraction of sp³-hybridized carbons (Fsp3) is 0.269. The smallest absolute Gasteiger partial charge is 0.274 e. The Hall–Kier alpha value is -3.22. The van der Waals surface area contributed by atoms with E-state index in [0.29, 0.717) is 24.5 Å². The zero-order valence-electron chi connectivity index (χ0n) is 18.6. The maximum Gasteiger partial charge on any atom is 0.274 e. The molecule has 170 valence electrons. The summed E-state index contributed by atoms with van der Waals surface area (Å²) in [5, 5.41) is 16.2. The Balaban J connectivity index is 1.53. The lowest BCUT2D eigenvalue weighted by atomic mass is 9.92. The molecular formula is C26H26ClN3O3. The van der Waals surface area contributed by atoms with Gasteiger partial charge in [0.15, 0.2) is 0 Å². The highest BCUT2D eigenvalue weighted by Crippen LogP contribution is 2.47. The lowest BCUT2D eigenvalue weighted by molar-refractivity contribution is 0.0984. The molecule has 0 saturated carbocycles. The third kappa shape index (κ3) is 3.79. The Morgan fingerprint density at radius 1 is 1.24 bits per heavy atom. The minimum Gasteiger partial charge on any atom is -0.507 e. The minimum atomic E-state index is -0.172. The number of phenols is 1. The number of carbonyl (C=O) groups excluding carboxylic acids is 1. The monoisotopic (exact) mass is 463 g/mol. The Kier molecular flexibility index (Phi) is 5.64. The molecule has 0 saturated heterocycles. The quantitative estimate of drug-likeness (QED) is 0.278. The van der Waals surface area contributed by atoms with Gasteiger partial charge in [0.25, 0.3) is 5.91 Å². The number of carbonyl (C=O) groups is 1. The molecule has 4 aromatic rings. The van der Waals surface area contributed by atoms with E-state index in [0.717, 1.165) is 39.5 Å². The molecule has 1 aliphatic heterocycles. The van der Waals surface area contributed by atoms with Gasteiger partial charge in [-0.3, -0.25) is 4.79 Å². The number of alkyl halides is 1. The summed E-state index contributed by atoms with van der Waals surface area (Å²) in [5.74, 6) is 0.729. The first-order chi connectivity index (χ1) is 16.0. The fourth-order valence-corrected chi connectivity index (χ4v) is 4.87. The molecule has 0 unspecified atom stereocenters. The molecule has 0 radical (unpaired) electrons. The van der Waals surface area contributed by atoms with Gasteiger partial charge in [-0.1, -0.05) is 24.3 Å². The number of hydrogen-bond donors (Lipinski definition) is 3. The molecule has 0 aliphatic carbocycles. The van der Waals surface area contributed by atoms with Gasteiger partial charge in [0.05, 0.1) is 5.69 Å². The second-order valence-corrected chi connectivity index (χ2v) is 9.15. The second-order valence-electron chi connectivity index (χ2n) is 8.46. The van der Waals surface area contributed by atoms with Gasteiger partial charge >= 0.3 is 0 Å². The molecule has 33 heavy (non-hydrogen) atoms. The van der Waals surface area contributed by atoms with Crippen LogP contribution in [0.3, 0.4) is 0 Å². The van der Waals surface area contributed by atoms with Crippen molar-refractivity contribution in [3.05, 3.63) is 65.9 Å². The Labute approximate surface area is 197 Å². The first kappa shape index (κ1) is 21.6. The number of fused-ring (bicyclic) bond motifs is 4. The number of aromatic amines is 1. The molecular weight excluding hydrogens is 438 g/mol. The van der Waals surface area contributed by atoms with Gasteiger partial charge < -0.3 is 25.0 Å². The van der Waals surface area contributed by atoms with Crippen LogP contribution in [0.2, 0.25) is 0 Å². The summed E-state index contributed by atoms with van der Waals surface area (Å²) in [7, 11) is 1.88. The Morgan fingerprint density at radius 3 is 2.79 bits per heavy atom. The highest BCUT2D eigenvalue weighted by Gasteiger charge is 2.37. The fourth-order valence-electron chi connectivity index (χ4n) is 4.66. The molecule has 0 fully saturated rings. The van der Waals surface area contributed by atoms with Crippen molar-refractivity contribution in [1.29, 1.82) is 0 Å². The molecule has 7 heteroatoms. The van der Waals surface area contributed by atoms with Gasteiger partial charge in [-0.05, 0) is 49.2 Å². The number of nitrogens with one attached hydrogen (secondary N) is 2. The number of rotatable bonds is 6. The number of amides is 1. The van der Waals surface area contributed by atoms with Gasteiger partial charge in [-0.2, -0.15) is 0 Å². The van der Waals surface area contributed by atoms with Crippen LogP contribution in [-0.2, 0) is 0 Å². The summed E-state index contributed by atoms with van der Waals surface area (Å²) < 4.78 is 5.75. The van der Waals surface area contributed by atoms with Gasteiger partial charge in [0.2, 0.25) is 0 Å². The summed E-state index contributed by atoms with van der Waals surface area (Å²) in [6, 6.07) is 17.0. The van der Waals surface area contributed by atoms with Crippen molar-refractivity contribution in [3.63, 3.8) is 0 Å². The highest BCUT2D eigenvalue weighted by molar-refractivity contribution is 6.22. The molecule has 0 spiro atoms. The van der Waals surface area contributed by atoms with E-state index in [-0.39, 0.29) is 23.0 Å². The van der Waals surface area contributed by atoms with E-state index in [1.165, 1.54) is 0 Å². The van der Waals surface area contributed by atoms with Crippen molar-refractivity contribution in [1.82, 2.24) is 10.3 Å². The van der Waals surface area contributed by atoms with Gasteiger partial charge in [-0.25, -0.2) is 0 Å². The molecule has 3 N–H and O–H groups in total. The largest absolute Gasteiger partial charge is 0.507 e. The average molecular weight is 464 g/mol. The second kappa shape index (κ2) is 8.61. The first-order valence-electron chi connectivity index (χ1n) is 11.1. The van der Waals surface area contributed by atoms with Crippen LogP contribution in [0.1, 0.15) is 28.9 Å². The summed E-state index contributed by atoms with van der Waals surface area (Å²) >= 11 is 6.58. The topological polar surface area (TPSA) is 77.6 Å². The SMILES string of the molecule is CNCCOc1ccc2[nH]c(C(=O)N3C[C@@H]([C@@H](C)Cl)c4c3cc(O)c3ccccc43)cc2c1. The van der Waals surface area contributed by atoms with Crippen LogP contribution in [0.15, 0.2) is 54.6 Å². The molecule has 1 aliphatic rings. The van der Waals surface area contributed by atoms with Crippen LogP contribution in [0.5, 0.6) is 11.5 Å². The minimum absolute atomic E-state index is 0.0346. The summed E-state index contributed by atoms with van der Waals surface area (Å²) in [4.78, 5) is 18.6. The van der Waals surface area contributed by atoms with Crippen molar-refractivity contribution in [2.75, 3.05) is 31.6 Å². The third-order valence-electron chi connectivity index (χ3n) is 6.33. The number of H-pyrrole nitrogens is 1. The van der Waals surface area contributed by atoms with Crippen molar-refractivity contribution in [2.45, 2.75) is 18.2 Å². The van der Waals surface area contributed by atoms with Gasteiger partial charge in [0.1, 0.15) is 23.8 Å². The van der Waals surface area contributed by atoms with Crippen LogP contribution in [0.4, 0.5) is 5.69 Å². The maximum atomic E-state index is 13.6. The summed E-state index contributed by atoms with van der Waals surface area (Å²) in [6.45, 7) is 3.73. The van der Waals surface area contributed by atoms with E-state index in [9.17, 15) is 9.90 Å². The van der Waals surface area contributed by atoms with Crippen LogP contribution in [-0.4, -0.2) is 48.1 Å². The number of hydrogen-bond acceptors (Lipinski definition) is 4. The average Bonchev–Trinajstić information content (AvgIpc) is 3.41. The number of anilines is 1. The predicted octanol–water partition coefficient (Wildman–Crippen LogP) is 5.00. The predicted molar refractivity (Wildman–Crippen MR) is 133 cm³/mol. The van der Waals surface area contributed by atoms with E-state index >= 15 is 0 Å². The zero-order chi connectivity index (χ0) is 23.1. The van der Waals surface area contributed by atoms with Crippen LogP contribution >= 0.6 is 11.6 Å². The van der Waals surface area contributed by atoms with Crippen molar-refractivity contribution in [2.24, 2.45) is 0 Å². The summed E-state index contributed by atoms with van der Waals surface area (Å²) in [5.41, 5.74) is 3.07. The van der Waals surface area contributed by atoms with E-state index in [2.05, 4.69) is 10.3 Å². The highest BCUT2D eigenvalue weighted by atomic mass is 35.5. The first-order valence-corrected chi connectivity index (χ1v) is 11.5. The van der Waals surface area contributed by atoms with Crippen LogP contribution < -0.4 is 15.0 Å². The standard InChI is InChI=1S/C26H26ClN3O3/c1-15(27)20-14-30(23-13-24(31)18-5-3-4-6-19(18)25(20)23)26(32)22-12-16-11-17(33-10-9-28-2)7-8-21(16)29-22/h3-8,11-13,15,20,28-29,31H,9-10,14H2,1-2H3/t15-,20+/m1/s1. The van der Waals surface area contributed by atoms with Crippen molar-refractivity contribution in [3.8, 4) is 11.5 Å². The van der Waals surface area contributed by atoms with E-state index in [4.69, 9.17) is 16.3 Å². The summed E-state index contributed by atoms with van der Waals surface area (Å²) in [6.07, 6.45) is 0. The van der Waals surface area contributed by atoms with E-state index in [1.54, 1.807) is 11.0 Å². The normalized spacial score (nSPS) is 16.3. The number of nitrogens with zero attached hydrogens (tertiary/aromatic N) is 1. The molecule has 6 nitrogen and oxygen atoms in total. The molecule has 0 bridgehead atoms. The molecule has 1 aromatic heterocycles. The third-order valence-corrected chi connectivity index (χ3v) is 6.63. The number of likely N-dealkylation sites (N-methyl/N-ethyl adjacent to an activating group) is 1. The lowest BCUT2D eigenvalue weighted by Gasteiger charge is -2.18. The lowest BCUT2D eigenvalue weighted by Crippen LogP contribution is -2.31. The van der Waals surface area contributed by atoms with E-state index < -0.39 is 0 Å². The zero-order valence-corrected chi connectivity index (χ0v) is 19.3. The van der Waals surface area contributed by atoms with Crippen molar-refractivity contribution >= 4 is 44.9 Å². The Morgan fingerprint density at radius 2 is 2.03 bits per heavy atom. The number of aromatic nitrogens is 1. The van der Waals surface area contributed by atoms with Gasteiger partial charge in [0, 0.05) is 46.7 Å². The number of aromatic hydroxyl groups is 1. The number of ether oxygens (including phenoxy) is 1. The molecule has 2 atom stereocenters. The Bertz CT molecular complexity index is 1350. The van der Waals surface area contributed by atoms with E-state index in [1.807, 2.05) is 62.5 Å². The van der Waals surface area contributed by atoms with Crippen LogP contribution in [0, 0.1) is 0 Å². The number of halogens is 1. The number of phenolic OH excluding ortho intramolecular Hbond substituents is 1. The molecule has 3 aromatic carbocycles.